The van der Waals surface area contributed by atoms with E-state index in [0.717, 1.165) is 12.8 Å². The maximum Gasteiger partial charge on any atom is 0.273 e. The molecule has 8 heavy (non-hydrogen) atoms. The first kappa shape index (κ1) is 4.76. The molecule has 0 spiro atoms. The van der Waals surface area contributed by atoms with Crippen LogP contribution in [0.4, 0.5) is 0 Å². The van der Waals surface area contributed by atoms with Crippen molar-refractivity contribution in [3.8, 4) is 0 Å². The largest absolute Gasteiger partial charge is 0.273 e. The van der Waals surface area contributed by atoms with E-state index in [0.29, 0.717) is 0 Å². The minimum Gasteiger partial charge on any atom is -0.265 e. The molecule has 0 bridgehead atoms. The van der Waals surface area contributed by atoms with Gasteiger partial charge in [0.15, 0.2) is 0 Å². The van der Waals surface area contributed by atoms with Crippen LogP contribution in [0.2, 0.25) is 0 Å². The third-order valence-electron chi connectivity index (χ3n) is 1.78. The molecule has 2 aliphatic rings. The summed E-state index contributed by atoms with van der Waals surface area (Å²) in [5.74, 6) is 0. The normalized spacial score (nSPS) is 48.5. The van der Waals surface area contributed by atoms with Crippen LogP contribution >= 0.6 is 0 Å². The van der Waals surface area contributed by atoms with Crippen LogP contribution in [0.25, 0.3) is 0 Å². The van der Waals surface area contributed by atoms with Crippen LogP contribution in [0.3, 0.4) is 0 Å². The SMILES string of the molecule is O=S1(=O)OC2CCC21. The van der Waals surface area contributed by atoms with Crippen LogP contribution < -0.4 is 0 Å². The average Bonchev–Trinajstić information content (AvgIpc) is 1.57. The summed E-state index contributed by atoms with van der Waals surface area (Å²) in [5, 5.41) is -0.123. The van der Waals surface area contributed by atoms with Gasteiger partial charge < -0.3 is 0 Å². The van der Waals surface area contributed by atoms with Gasteiger partial charge in [-0.2, -0.15) is 8.42 Å². The third-order valence-corrected chi connectivity index (χ3v) is 3.58. The first-order chi connectivity index (χ1) is 3.70. The Bertz CT molecular complexity index is 205. The predicted molar refractivity (Wildman–Crippen MR) is 26.8 cm³/mol. The van der Waals surface area contributed by atoms with Gasteiger partial charge >= 0.3 is 0 Å². The van der Waals surface area contributed by atoms with E-state index in [-0.39, 0.29) is 11.4 Å². The fourth-order valence-corrected chi connectivity index (χ4v) is 2.60. The zero-order valence-corrected chi connectivity index (χ0v) is 5.02. The first-order valence-electron chi connectivity index (χ1n) is 2.62. The Hall–Kier alpha value is -0.0900. The Kier molecular flexibility index (Phi) is 0.646. The van der Waals surface area contributed by atoms with Gasteiger partial charge in [-0.15, -0.1) is 0 Å². The van der Waals surface area contributed by atoms with Crippen molar-refractivity contribution in [2.24, 2.45) is 0 Å². The van der Waals surface area contributed by atoms with Crippen molar-refractivity contribution in [2.45, 2.75) is 24.2 Å². The second-order valence-electron chi connectivity index (χ2n) is 2.24. The van der Waals surface area contributed by atoms with Crippen molar-refractivity contribution in [3.63, 3.8) is 0 Å². The van der Waals surface area contributed by atoms with Crippen LogP contribution in [0.15, 0.2) is 0 Å². The molecular formula is C4H6O3S. The maximum absolute atomic E-state index is 10.5. The highest BCUT2D eigenvalue weighted by molar-refractivity contribution is 7.88. The minimum absolute atomic E-state index is 0.0694. The molecule has 1 aliphatic carbocycles. The monoisotopic (exact) mass is 134 g/mol. The molecule has 2 fully saturated rings. The molecule has 3 nitrogen and oxygen atoms in total. The van der Waals surface area contributed by atoms with Crippen molar-refractivity contribution in [1.29, 1.82) is 0 Å². The molecule has 0 aromatic carbocycles. The molecule has 1 aliphatic heterocycles. The van der Waals surface area contributed by atoms with Gasteiger partial charge in [0, 0.05) is 0 Å². The number of hydrogen-bond donors (Lipinski definition) is 0. The lowest BCUT2D eigenvalue weighted by Gasteiger charge is -2.43. The smallest absolute Gasteiger partial charge is 0.265 e. The molecule has 2 atom stereocenters. The summed E-state index contributed by atoms with van der Waals surface area (Å²) < 4.78 is 25.4. The summed E-state index contributed by atoms with van der Waals surface area (Å²) in [7, 11) is -3.02. The Labute approximate surface area is 47.8 Å². The summed E-state index contributed by atoms with van der Waals surface area (Å²) in [6, 6.07) is 0. The molecule has 1 heterocycles. The fourth-order valence-electron chi connectivity index (χ4n) is 1.07. The zero-order chi connectivity index (χ0) is 5.78. The van der Waals surface area contributed by atoms with Gasteiger partial charge in [0.2, 0.25) is 0 Å². The highest BCUT2D eigenvalue weighted by atomic mass is 32.2. The van der Waals surface area contributed by atoms with Gasteiger partial charge in [0.25, 0.3) is 10.1 Å². The molecule has 1 saturated carbocycles. The van der Waals surface area contributed by atoms with Gasteiger partial charge in [-0.3, -0.25) is 4.18 Å². The van der Waals surface area contributed by atoms with E-state index in [9.17, 15) is 8.42 Å². The van der Waals surface area contributed by atoms with Gasteiger partial charge in [0.1, 0.15) is 5.25 Å². The fraction of sp³-hybridized carbons (Fsp3) is 1.00. The van der Waals surface area contributed by atoms with Gasteiger partial charge in [-0.05, 0) is 12.8 Å². The van der Waals surface area contributed by atoms with Crippen LogP contribution in [0, 0.1) is 0 Å². The molecule has 0 aromatic rings. The molecule has 0 amide bonds. The number of rotatable bonds is 0. The molecule has 2 rings (SSSR count). The predicted octanol–water partition coefficient (Wildman–Crippen LogP) is -0.123. The molecule has 0 radical (unpaired) electrons. The lowest BCUT2D eigenvalue weighted by molar-refractivity contribution is 0.0663. The second kappa shape index (κ2) is 1.09. The summed E-state index contributed by atoms with van der Waals surface area (Å²) in [4.78, 5) is 0. The number of fused-ring (bicyclic) bond motifs is 1. The molecule has 0 aromatic heterocycles. The van der Waals surface area contributed by atoms with E-state index in [1.165, 1.54) is 0 Å². The Morgan fingerprint density at radius 3 is 2.12 bits per heavy atom. The van der Waals surface area contributed by atoms with Crippen LogP contribution in [0.1, 0.15) is 12.8 Å². The molecule has 4 heteroatoms. The lowest BCUT2D eigenvalue weighted by atomic mass is 9.95. The minimum atomic E-state index is -3.02. The highest BCUT2D eigenvalue weighted by Crippen LogP contribution is 2.40. The summed E-state index contributed by atoms with van der Waals surface area (Å²) in [6.45, 7) is 0. The summed E-state index contributed by atoms with van der Waals surface area (Å²) >= 11 is 0. The van der Waals surface area contributed by atoms with Crippen LogP contribution in [-0.2, 0) is 14.3 Å². The van der Waals surface area contributed by atoms with Gasteiger partial charge in [0.05, 0.1) is 6.10 Å². The third kappa shape index (κ3) is 0.359. The Morgan fingerprint density at radius 2 is 2.12 bits per heavy atom. The van der Waals surface area contributed by atoms with Crippen molar-refractivity contribution < 1.29 is 12.6 Å². The van der Waals surface area contributed by atoms with Crippen molar-refractivity contribution in [2.75, 3.05) is 0 Å². The average molecular weight is 134 g/mol. The Balaban J connectivity index is 2.29. The molecular weight excluding hydrogens is 128 g/mol. The molecule has 0 N–H and O–H groups in total. The lowest BCUT2D eigenvalue weighted by Crippen LogP contribution is -2.56. The van der Waals surface area contributed by atoms with Gasteiger partial charge in [-0.1, -0.05) is 0 Å². The van der Waals surface area contributed by atoms with E-state index in [1.807, 2.05) is 0 Å². The zero-order valence-electron chi connectivity index (χ0n) is 4.20. The molecule has 1 saturated heterocycles. The van der Waals surface area contributed by atoms with E-state index >= 15 is 0 Å². The van der Waals surface area contributed by atoms with E-state index in [2.05, 4.69) is 4.18 Å². The molecule has 2 unspecified atom stereocenters. The topological polar surface area (TPSA) is 43.4 Å². The number of hydrogen-bond acceptors (Lipinski definition) is 3. The van der Waals surface area contributed by atoms with E-state index < -0.39 is 10.1 Å². The standard InChI is InChI=1S/C4H6O3S/c5-8(6)4-2-1-3(4)7-8/h3-4H,1-2H2. The van der Waals surface area contributed by atoms with Crippen molar-refractivity contribution in [1.82, 2.24) is 0 Å². The van der Waals surface area contributed by atoms with Gasteiger partial charge in [-0.25, -0.2) is 0 Å². The molecule has 46 valence electrons. The highest BCUT2D eigenvalue weighted by Gasteiger charge is 2.53. The van der Waals surface area contributed by atoms with Crippen molar-refractivity contribution in [3.05, 3.63) is 0 Å². The van der Waals surface area contributed by atoms with Crippen molar-refractivity contribution >= 4 is 10.1 Å². The quantitative estimate of drug-likeness (QED) is 0.434. The first-order valence-corrected chi connectivity index (χ1v) is 4.09. The van der Waals surface area contributed by atoms with E-state index in [4.69, 9.17) is 0 Å². The second-order valence-corrected chi connectivity index (χ2v) is 4.03. The summed E-state index contributed by atoms with van der Waals surface area (Å²) in [6.07, 6.45) is 1.82. The van der Waals surface area contributed by atoms with E-state index in [1.54, 1.807) is 0 Å². The maximum atomic E-state index is 10.5. The van der Waals surface area contributed by atoms with Crippen LogP contribution in [-0.4, -0.2) is 19.8 Å². The summed E-state index contributed by atoms with van der Waals surface area (Å²) in [5.41, 5.74) is 0. The Morgan fingerprint density at radius 1 is 1.38 bits per heavy atom. The van der Waals surface area contributed by atoms with Crippen LogP contribution in [0.5, 0.6) is 0 Å².